The van der Waals surface area contributed by atoms with E-state index in [9.17, 15) is 4.79 Å². The predicted molar refractivity (Wildman–Crippen MR) is 43.7 cm³/mol. The quantitative estimate of drug-likeness (QED) is 0.633. The third kappa shape index (κ3) is 2.19. The van der Waals surface area contributed by atoms with Gasteiger partial charge in [-0.3, -0.25) is 4.79 Å². The van der Waals surface area contributed by atoms with Gasteiger partial charge in [-0.15, -0.1) is 0 Å². The largest absolute Gasteiger partial charge is 0.481 e. The van der Waals surface area contributed by atoms with Crippen molar-refractivity contribution in [2.24, 2.45) is 17.6 Å². The van der Waals surface area contributed by atoms with Gasteiger partial charge < -0.3 is 15.6 Å². The van der Waals surface area contributed by atoms with E-state index in [0.717, 1.165) is 12.8 Å². The lowest BCUT2D eigenvalue weighted by atomic mass is 9.86. The zero-order chi connectivity index (χ0) is 8.97. The summed E-state index contributed by atoms with van der Waals surface area (Å²) >= 11 is 0. The van der Waals surface area contributed by atoms with Crippen LogP contribution in [0.15, 0.2) is 0 Å². The van der Waals surface area contributed by atoms with E-state index in [1.165, 1.54) is 0 Å². The maximum Gasteiger partial charge on any atom is 0.308 e. The Kier molecular flexibility index (Phi) is 3.49. The van der Waals surface area contributed by atoms with Crippen LogP contribution in [0, 0.1) is 11.8 Å². The Hall–Kier alpha value is -0.610. The molecular formula is C8H15NO3. The molecule has 1 aliphatic heterocycles. The topological polar surface area (TPSA) is 72.6 Å². The minimum Gasteiger partial charge on any atom is -0.481 e. The van der Waals surface area contributed by atoms with E-state index >= 15 is 0 Å². The van der Waals surface area contributed by atoms with Crippen LogP contribution in [-0.4, -0.2) is 30.8 Å². The van der Waals surface area contributed by atoms with E-state index in [2.05, 4.69) is 0 Å². The second kappa shape index (κ2) is 4.42. The normalized spacial score (nSPS) is 22.1. The number of hydrogen-bond donors (Lipinski definition) is 2. The monoisotopic (exact) mass is 173 g/mol. The molecule has 1 heterocycles. The lowest BCUT2D eigenvalue weighted by Crippen LogP contribution is -2.34. The van der Waals surface area contributed by atoms with E-state index < -0.39 is 5.97 Å². The molecule has 1 aliphatic rings. The van der Waals surface area contributed by atoms with Gasteiger partial charge in [-0.05, 0) is 18.8 Å². The van der Waals surface area contributed by atoms with Crippen molar-refractivity contribution in [2.75, 3.05) is 19.8 Å². The van der Waals surface area contributed by atoms with Crippen LogP contribution in [0.5, 0.6) is 0 Å². The summed E-state index contributed by atoms with van der Waals surface area (Å²) < 4.78 is 5.14. The van der Waals surface area contributed by atoms with Crippen molar-refractivity contribution in [2.45, 2.75) is 12.8 Å². The van der Waals surface area contributed by atoms with Crippen molar-refractivity contribution in [1.29, 1.82) is 0 Å². The summed E-state index contributed by atoms with van der Waals surface area (Å²) in [6, 6.07) is 0. The van der Waals surface area contributed by atoms with Gasteiger partial charge in [0.05, 0.1) is 5.92 Å². The Morgan fingerprint density at radius 1 is 1.58 bits per heavy atom. The molecule has 1 saturated heterocycles. The third-order valence-electron chi connectivity index (χ3n) is 2.41. The molecule has 0 aromatic rings. The molecule has 0 radical (unpaired) electrons. The molecule has 0 saturated carbocycles. The highest BCUT2D eigenvalue weighted by molar-refractivity contribution is 5.70. The summed E-state index contributed by atoms with van der Waals surface area (Å²) in [5, 5.41) is 8.80. The van der Waals surface area contributed by atoms with Gasteiger partial charge in [0.15, 0.2) is 0 Å². The molecule has 0 aromatic carbocycles. The van der Waals surface area contributed by atoms with Crippen molar-refractivity contribution >= 4 is 5.97 Å². The van der Waals surface area contributed by atoms with Gasteiger partial charge in [-0.1, -0.05) is 0 Å². The third-order valence-corrected chi connectivity index (χ3v) is 2.41. The van der Waals surface area contributed by atoms with Crippen LogP contribution in [0.3, 0.4) is 0 Å². The molecule has 0 spiro atoms. The van der Waals surface area contributed by atoms with Gasteiger partial charge in [0.1, 0.15) is 0 Å². The second-order valence-electron chi connectivity index (χ2n) is 3.13. The number of nitrogens with two attached hydrogens (primary N) is 1. The fourth-order valence-electron chi connectivity index (χ4n) is 1.61. The van der Waals surface area contributed by atoms with Crippen LogP contribution in [0.4, 0.5) is 0 Å². The molecule has 0 amide bonds. The first kappa shape index (κ1) is 9.48. The van der Waals surface area contributed by atoms with E-state index in [4.69, 9.17) is 15.6 Å². The Balaban J connectivity index is 2.46. The molecule has 0 aliphatic carbocycles. The van der Waals surface area contributed by atoms with Crippen LogP contribution in [0.1, 0.15) is 12.8 Å². The maximum absolute atomic E-state index is 10.7. The highest BCUT2D eigenvalue weighted by Crippen LogP contribution is 2.23. The summed E-state index contributed by atoms with van der Waals surface area (Å²) in [4.78, 5) is 10.7. The first-order valence-corrected chi connectivity index (χ1v) is 4.26. The standard InChI is InChI=1S/C8H15NO3/c9-5-7(8(10)11)6-1-3-12-4-2-6/h6-7H,1-5,9H2,(H,10,11)/t7-/m0/s1. The van der Waals surface area contributed by atoms with Crippen molar-refractivity contribution in [3.63, 3.8) is 0 Å². The summed E-state index contributed by atoms with van der Waals surface area (Å²) in [5.74, 6) is -0.945. The number of ether oxygens (including phenoxy) is 1. The number of hydrogen-bond acceptors (Lipinski definition) is 3. The molecule has 0 aromatic heterocycles. The number of aliphatic carboxylic acids is 1. The summed E-state index contributed by atoms with van der Waals surface area (Å²) in [7, 11) is 0. The van der Waals surface area contributed by atoms with Crippen LogP contribution in [0.2, 0.25) is 0 Å². The zero-order valence-corrected chi connectivity index (χ0v) is 7.03. The van der Waals surface area contributed by atoms with Gasteiger partial charge >= 0.3 is 5.97 Å². The SMILES string of the molecule is NC[C@H](C(=O)O)C1CCOCC1. The second-order valence-corrected chi connectivity index (χ2v) is 3.13. The molecule has 70 valence electrons. The molecule has 4 heteroatoms. The molecule has 1 rings (SSSR count). The van der Waals surface area contributed by atoms with Crippen molar-refractivity contribution in [3.05, 3.63) is 0 Å². The van der Waals surface area contributed by atoms with Gasteiger partial charge in [-0.25, -0.2) is 0 Å². The fraction of sp³-hybridized carbons (Fsp3) is 0.875. The first-order chi connectivity index (χ1) is 5.75. The van der Waals surface area contributed by atoms with E-state index in [0.29, 0.717) is 13.2 Å². The molecule has 12 heavy (non-hydrogen) atoms. The first-order valence-electron chi connectivity index (χ1n) is 4.26. The minimum absolute atomic E-state index is 0.209. The van der Waals surface area contributed by atoms with Crippen LogP contribution >= 0.6 is 0 Å². The smallest absolute Gasteiger partial charge is 0.308 e. The Morgan fingerprint density at radius 2 is 2.17 bits per heavy atom. The Labute approximate surface area is 71.7 Å². The number of carboxylic acid groups (broad SMARTS) is 1. The Morgan fingerprint density at radius 3 is 2.58 bits per heavy atom. The fourth-order valence-corrected chi connectivity index (χ4v) is 1.61. The lowest BCUT2D eigenvalue weighted by Gasteiger charge is -2.26. The summed E-state index contributed by atoms with van der Waals surface area (Å²) in [5.41, 5.74) is 5.38. The number of carboxylic acids is 1. The van der Waals surface area contributed by atoms with Crippen molar-refractivity contribution in [3.8, 4) is 0 Å². The van der Waals surface area contributed by atoms with Gasteiger partial charge in [-0.2, -0.15) is 0 Å². The molecule has 0 bridgehead atoms. The predicted octanol–water partition coefficient (Wildman–Crippen LogP) is 0.0725. The summed E-state index contributed by atoms with van der Waals surface area (Å²) in [6.45, 7) is 1.59. The van der Waals surface area contributed by atoms with Gasteiger partial charge in [0.2, 0.25) is 0 Å². The van der Waals surface area contributed by atoms with Crippen LogP contribution in [-0.2, 0) is 9.53 Å². The van der Waals surface area contributed by atoms with Crippen molar-refractivity contribution in [1.82, 2.24) is 0 Å². The average Bonchev–Trinajstić information content (AvgIpc) is 2.07. The molecule has 3 N–H and O–H groups in total. The van der Waals surface area contributed by atoms with E-state index in [1.54, 1.807) is 0 Å². The van der Waals surface area contributed by atoms with E-state index in [1.807, 2.05) is 0 Å². The minimum atomic E-state index is -0.774. The molecular weight excluding hydrogens is 158 g/mol. The number of rotatable bonds is 3. The number of carbonyl (C=O) groups is 1. The highest BCUT2D eigenvalue weighted by Gasteiger charge is 2.28. The lowest BCUT2D eigenvalue weighted by molar-refractivity contribution is -0.144. The summed E-state index contributed by atoms with van der Waals surface area (Å²) in [6.07, 6.45) is 1.66. The van der Waals surface area contributed by atoms with Crippen LogP contribution < -0.4 is 5.73 Å². The highest BCUT2D eigenvalue weighted by atomic mass is 16.5. The van der Waals surface area contributed by atoms with Gasteiger partial charge in [0.25, 0.3) is 0 Å². The van der Waals surface area contributed by atoms with Crippen molar-refractivity contribution < 1.29 is 14.6 Å². The zero-order valence-electron chi connectivity index (χ0n) is 7.03. The molecule has 1 fully saturated rings. The molecule has 1 atom stereocenters. The van der Waals surface area contributed by atoms with E-state index in [-0.39, 0.29) is 18.4 Å². The molecule has 0 unspecified atom stereocenters. The molecule has 4 nitrogen and oxygen atoms in total. The maximum atomic E-state index is 10.7. The Bertz CT molecular complexity index is 154. The van der Waals surface area contributed by atoms with Gasteiger partial charge in [0, 0.05) is 19.8 Å². The van der Waals surface area contributed by atoms with Crippen LogP contribution in [0.25, 0.3) is 0 Å². The average molecular weight is 173 g/mol.